The Morgan fingerprint density at radius 1 is 0.273 bits per heavy atom. The molecular formula is C51H33N3S. The van der Waals surface area contributed by atoms with Crippen molar-refractivity contribution in [2.75, 3.05) is 0 Å². The number of hydrogen-bond acceptors (Lipinski definition) is 4. The first kappa shape index (κ1) is 32.6. The summed E-state index contributed by atoms with van der Waals surface area (Å²) in [6.45, 7) is 0. The Bertz CT molecular complexity index is 2880. The molecule has 0 radical (unpaired) electrons. The number of nitrogens with zero attached hydrogens (tertiary/aromatic N) is 3. The van der Waals surface area contributed by atoms with Crippen molar-refractivity contribution in [1.29, 1.82) is 0 Å². The average Bonchev–Trinajstić information content (AvgIpc) is 3.66. The molecule has 0 aliphatic heterocycles. The highest BCUT2D eigenvalue weighted by Crippen LogP contribution is 2.42. The third kappa shape index (κ3) is 6.39. The van der Waals surface area contributed by atoms with Crippen molar-refractivity contribution in [2.45, 2.75) is 0 Å². The number of rotatable bonds is 7. The Hall–Kier alpha value is -7.01. The SMILES string of the molecule is c1ccc(-c2ccc(-c3cccc4sc5cc(-c6nc(-c7ccccc7)nc(-c7cc(-c8ccccc8)cc(-c8ccccc8)c7)n6)ccc5c34)cc2)cc1. The number of thiophene rings is 1. The molecule has 0 aliphatic carbocycles. The zero-order valence-corrected chi connectivity index (χ0v) is 30.6. The van der Waals surface area contributed by atoms with Crippen LogP contribution in [-0.2, 0) is 0 Å². The van der Waals surface area contributed by atoms with E-state index in [-0.39, 0.29) is 0 Å². The summed E-state index contributed by atoms with van der Waals surface area (Å²) in [4.78, 5) is 15.4. The van der Waals surface area contributed by atoms with Gasteiger partial charge < -0.3 is 0 Å². The predicted octanol–water partition coefficient (Wildman–Crippen LogP) is 13.9. The molecule has 0 aliphatic rings. The number of hydrogen-bond donors (Lipinski definition) is 0. The van der Waals surface area contributed by atoms with Crippen LogP contribution >= 0.6 is 11.3 Å². The van der Waals surface area contributed by atoms with Gasteiger partial charge in [-0.2, -0.15) is 0 Å². The maximum absolute atomic E-state index is 5.21. The highest BCUT2D eigenvalue weighted by Gasteiger charge is 2.17. The van der Waals surface area contributed by atoms with Crippen LogP contribution in [0, 0.1) is 0 Å². The molecule has 10 aromatic rings. The molecule has 4 heteroatoms. The molecule has 3 nitrogen and oxygen atoms in total. The van der Waals surface area contributed by atoms with Crippen LogP contribution in [0.4, 0.5) is 0 Å². The van der Waals surface area contributed by atoms with Crippen molar-refractivity contribution in [3.8, 4) is 78.7 Å². The third-order valence-corrected chi connectivity index (χ3v) is 11.2. The zero-order valence-electron chi connectivity index (χ0n) is 29.8. The van der Waals surface area contributed by atoms with Gasteiger partial charge in [-0.05, 0) is 74.8 Å². The molecule has 55 heavy (non-hydrogen) atoms. The predicted molar refractivity (Wildman–Crippen MR) is 231 cm³/mol. The molecule has 0 bridgehead atoms. The van der Waals surface area contributed by atoms with Crippen LogP contribution in [-0.4, -0.2) is 15.0 Å². The lowest BCUT2D eigenvalue weighted by Gasteiger charge is -2.12. The van der Waals surface area contributed by atoms with Gasteiger partial charge in [-0.3, -0.25) is 0 Å². The number of fused-ring (bicyclic) bond motifs is 3. The summed E-state index contributed by atoms with van der Waals surface area (Å²) in [5.74, 6) is 1.92. The standard InChI is InChI=1S/C51H33N3S/c1-5-14-34(15-6-1)37-24-26-38(27-25-37)44-22-13-23-46-48(44)45-29-28-40(33-47(45)55-46)50-52-49(39-20-11-4-12-21-39)53-51(54-50)43-31-41(35-16-7-2-8-17-35)30-42(32-43)36-18-9-3-10-19-36/h1-33H. The topological polar surface area (TPSA) is 38.7 Å². The van der Waals surface area contributed by atoms with Crippen LogP contribution in [0.15, 0.2) is 200 Å². The van der Waals surface area contributed by atoms with Crippen molar-refractivity contribution < 1.29 is 0 Å². The smallest absolute Gasteiger partial charge is 0.164 e. The van der Waals surface area contributed by atoms with E-state index in [1.165, 1.54) is 42.4 Å². The fraction of sp³-hybridized carbons (Fsp3) is 0. The summed E-state index contributed by atoms with van der Waals surface area (Å²) < 4.78 is 2.45. The lowest BCUT2D eigenvalue weighted by molar-refractivity contribution is 1.07. The van der Waals surface area contributed by atoms with Gasteiger partial charge >= 0.3 is 0 Å². The van der Waals surface area contributed by atoms with Crippen LogP contribution in [0.5, 0.6) is 0 Å². The highest BCUT2D eigenvalue weighted by atomic mass is 32.1. The zero-order chi connectivity index (χ0) is 36.6. The van der Waals surface area contributed by atoms with E-state index >= 15 is 0 Å². The molecule has 0 fully saturated rings. The minimum Gasteiger partial charge on any atom is -0.208 e. The van der Waals surface area contributed by atoms with Crippen LogP contribution in [0.1, 0.15) is 0 Å². The number of benzene rings is 8. The van der Waals surface area contributed by atoms with Crippen molar-refractivity contribution in [2.24, 2.45) is 0 Å². The van der Waals surface area contributed by atoms with Gasteiger partial charge in [0.15, 0.2) is 17.5 Å². The molecular weight excluding hydrogens is 687 g/mol. The van der Waals surface area contributed by atoms with Gasteiger partial charge in [-0.1, -0.05) is 170 Å². The minimum absolute atomic E-state index is 0.636. The van der Waals surface area contributed by atoms with Crippen molar-refractivity contribution in [3.05, 3.63) is 200 Å². The molecule has 2 aromatic heterocycles. The van der Waals surface area contributed by atoms with Gasteiger partial charge in [0.2, 0.25) is 0 Å². The van der Waals surface area contributed by atoms with E-state index in [1.807, 2.05) is 41.7 Å². The molecule has 0 amide bonds. The van der Waals surface area contributed by atoms with Crippen molar-refractivity contribution >= 4 is 31.5 Å². The fourth-order valence-electron chi connectivity index (χ4n) is 7.38. The quantitative estimate of drug-likeness (QED) is 0.165. The molecule has 0 atom stereocenters. The van der Waals surface area contributed by atoms with Crippen LogP contribution in [0.2, 0.25) is 0 Å². The average molecular weight is 720 g/mol. The van der Waals surface area contributed by atoms with Crippen molar-refractivity contribution in [3.63, 3.8) is 0 Å². The van der Waals surface area contributed by atoms with E-state index < -0.39 is 0 Å². The second-order valence-corrected chi connectivity index (χ2v) is 14.7. The normalized spacial score (nSPS) is 11.3. The maximum atomic E-state index is 5.21. The largest absolute Gasteiger partial charge is 0.208 e. The van der Waals surface area contributed by atoms with Crippen LogP contribution in [0.25, 0.3) is 98.8 Å². The van der Waals surface area contributed by atoms with Gasteiger partial charge in [-0.15, -0.1) is 11.3 Å². The Morgan fingerprint density at radius 3 is 1.29 bits per heavy atom. The van der Waals surface area contributed by atoms with E-state index in [0.717, 1.165) is 38.9 Å². The van der Waals surface area contributed by atoms with E-state index in [9.17, 15) is 0 Å². The Kier molecular flexibility index (Phi) is 8.36. The van der Waals surface area contributed by atoms with Crippen LogP contribution < -0.4 is 0 Å². The summed E-state index contributed by atoms with van der Waals surface area (Å²) in [7, 11) is 0. The van der Waals surface area contributed by atoms with Gasteiger partial charge in [0.1, 0.15) is 0 Å². The van der Waals surface area contributed by atoms with E-state index in [4.69, 9.17) is 15.0 Å². The van der Waals surface area contributed by atoms with Crippen LogP contribution in [0.3, 0.4) is 0 Å². The molecule has 0 saturated heterocycles. The van der Waals surface area contributed by atoms with E-state index in [2.05, 4.69) is 170 Å². The Labute approximate surface area is 323 Å². The minimum atomic E-state index is 0.636. The molecule has 10 rings (SSSR count). The summed E-state index contributed by atoms with van der Waals surface area (Å²) in [6.07, 6.45) is 0. The molecule has 8 aromatic carbocycles. The van der Waals surface area contributed by atoms with Gasteiger partial charge in [-0.25, -0.2) is 15.0 Å². The maximum Gasteiger partial charge on any atom is 0.164 e. The Morgan fingerprint density at radius 2 is 0.709 bits per heavy atom. The second-order valence-electron chi connectivity index (χ2n) is 13.6. The van der Waals surface area contributed by atoms with Gasteiger partial charge in [0, 0.05) is 36.9 Å². The highest BCUT2D eigenvalue weighted by molar-refractivity contribution is 7.26. The lowest BCUT2D eigenvalue weighted by atomic mass is 9.96. The molecule has 0 saturated carbocycles. The van der Waals surface area contributed by atoms with Gasteiger partial charge in [0.05, 0.1) is 0 Å². The van der Waals surface area contributed by atoms with Gasteiger partial charge in [0.25, 0.3) is 0 Å². The Balaban J connectivity index is 1.11. The van der Waals surface area contributed by atoms with Crippen molar-refractivity contribution in [1.82, 2.24) is 15.0 Å². The summed E-state index contributed by atoms with van der Waals surface area (Å²) in [5, 5.41) is 2.50. The first-order chi connectivity index (χ1) is 27.2. The van der Waals surface area contributed by atoms with E-state index in [0.29, 0.717) is 17.5 Å². The number of aromatic nitrogens is 3. The molecule has 2 heterocycles. The fourth-order valence-corrected chi connectivity index (χ4v) is 8.55. The molecule has 0 N–H and O–H groups in total. The molecule has 258 valence electrons. The molecule has 0 spiro atoms. The van der Waals surface area contributed by atoms with E-state index in [1.54, 1.807) is 0 Å². The molecule has 0 unspecified atom stereocenters. The summed E-state index contributed by atoms with van der Waals surface area (Å²) in [5.41, 5.74) is 12.2. The summed E-state index contributed by atoms with van der Waals surface area (Å²) >= 11 is 1.81. The first-order valence-electron chi connectivity index (χ1n) is 18.4. The lowest BCUT2D eigenvalue weighted by Crippen LogP contribution is -2.00. The first-order valence-corrected chi connectivity index (χ1v) is 19.2. The second kappa shape index (κ2) is 14.1. The summed E-state index contributed by atoms with van der Waals surface area (Å²) in [6, 6.07) is 70.5. The monoisotopic (exact) mass is 719 g/mol. The third-order valence-electron chi connectivity index (χ3n) is 10.1.